The van der Waals surface area contributed by atoms with Crippen LogP contribution >= 0.6 is 0 Å². The van der Waals surface area contributed by atoms with Gasteiger partial charge in [0, 0.05) is 0 Å². The molecule has 0 bridgehead atoms. The predicted octanol–water partition coefficient (Wildman–Crippen LogP) is 2.23. The Morgan fingerprint density at radius 1 is 1.35 bits per heavy atom. The van der Waals surface area contributed by atoms with Crippen molar-refractivity contribution >= 4 is 5.97 Å². The Bertz CT molecular complexity index is 387. The van der Waals surface area contributed by atoms with Crippen LogP contribution in [0, 0.1) is 5.92 Å². The number of aromatic hydroxyl groups is 2. The van der Waals surface area contributed by atoms with Crippen molar-refractivity contribution in [3.8, 4) is 11.5 Å². The second-order valence-electron chi connectivity index (χ2n) is 4.10. The largest absolute Gasteiger partial charge is 0.504 e. The molecule has 0 saturated carbocycles. The van der Waals surface area contributed by atoms with Crippen molar-refractivity contribution in [2.24, 2.45) is 5.92 Å². The summed E-state index contributed by atoms with van der Waals surface area (Å²) in [6, 6.07) is 4.55. The van der Waals surface area contributed by atoms with Gasteiger partial charge < -0.3 is 14.9 Å². The number of carbonyl (C=O) groups excluding carboxylic acids is 1. The van der Waals surface area contributed by atoms with E-state index in [1.807, 2.05) is 6.92 Å². The number of rotatable bonds is 5. The standard InChI is InChI=1S/C13H18O4/c1-3-6-17-13(16)9(2)7-10-4-5-11(14)12(15)8-10/h4-5,8-9,14-15H,3,6-7H2,1-2H3/t9-/m0/s1. The van der Waals surface area contributed by atoms with Crippen LogP contribution in [0.2, 0.25) is 0 Å². The summed E-state index contributed by atoms with van der Waals surface area (Å²) < 4.78 is 5.03. The van der Waals surface area contributed by atoms with Crippen LogP contribution in [0.4, 0.5) is 0 Å². The number of esters is 1. The SMILES string of the molecule is CCCOC(=O)[C@@H](C)Cc1ccc(O)c(O)c1. The average molecular weight is 238 g/mol. The van der Waals surface area contributed by atoms with Crippen LogP contribution in [0.5, 0.6) is 11.5 Å². The molecule has 17 heavy (non-hydrogen) atoms. The van der Waals surface area contributed by atoms with E-state index in [0.717, 1.165) is 12.0 Å². The monoisotopic (exact) mass is 238 g/mol. The lowest BCUT2D eigenvalue weighted by molar-refractivity contribution is -0.147. The van der Waals surface area contributed by atoms with Gasteiger partial charge >= 0.3 is 5.97 Å². The van der Waals surface area contributed by atoms with E-state index in [2.05, 4.69) is 0 Å². The topological polar surface area (TPSA) is 66.8 Å². The molecular formula is C13H18O4. The fraction of sp³-hybridized carbons (Fsp3) is 0.462. The van der Waals surface area contributed by atoms with E-state index in [0.29, 0.717) is 13.0 Å². The van der Waals surface area contributed by atoms with Gasteiger partial charge in [0.05, 0.1) is 12.5 Å². The van der Waals surface area contributed by atoms with E-state index >= 15 is 0 Å². The highest BCUT2D eigenvalue weighted by molar-refractivity contribution is 5.72. The van der Waals surface area contributed by atoms with Gasteiger partial charge in [0.2, 0.25) is 0 Å². The van der Waals surface area contributed by atoms with Crippen LogP contribution < -0.4 is 0 Å². The highest BCUT2D eigenvalue weighted by atomic mass is 16.5. The zero-order valence-electron chi connectivity index (χ0n) is 10.1. The molecule has 0 radical (unpaired) electrons. The van der Waals surface area contributed by atoms with E-state index in [9.17, 15) is 9.90 Å². The summed E-state index contributed by atoms with van der Waals surface area (Å²) in [5, 5.41) is 18.5. The van der Waals surface area contributed by atoms with Crippen molar-refractivity contribution in [3.63, 3.8) is 0 Å². The third-order valence-corrected chi connectivity index (χ3v) is 2.43. The predicted molar refractivity (Wildman–Crippen MR) is 63.9 cm³/mol. The summed E-state index contributed by atoms with van der Waals surface area (Å²) in [5.74, 6) is -0.823. The molecule has 4 nitrogen and oxygen atoms in total. The summed E-state index contributed by atoms with van der Waals surface area (Å²) in [6.07, 6.45) is 1.29. The molecule has 0 aliphatic carbocycles. The molecule has 1 aromatic carbocycles. The van der Waals surface area contributed by atoms with E-state index in [-0.39, 0.29) is 23.4 Å². The van der Waals surface area contributed by atoms with Crippen molar-refractivity contribution in [3.05, 3.63) is 23.8 Å². The zero-order valence-corrected chi connectivity index (χ0v) is 10.1. The van der Waals surface area contributed by atoms with Crippen LogP contribution in [-0.2, 0) is 16.0 Å². The minimum atomic E-state index is -0.259. The fourth-order valence-corrected chi connectivity index (χ4v) is 1.48. The molecule has 0 saturated heterocycles. The number of ether oxygens (including phenoxy) is 1. The maximum Gasteiger partial charge on any atom is 0.308 e. The Hall–Kier alpha value is -1.71. The van der Waals surface area contributed by atoms with Crippen LogP contribution in [0.1, 0.15) is 25.8 Å². The summed E-state index contributed by atoms with van der Waals surface area (Å²) in [5.41, 5.74) is 0.793. The van der Waals surface area contributed by atoms with Crippen molar-refractivity contribution in [1.82, 2.24) is 0 Å². The first-order valence-corrected chi connectivity index (χ1v) is 5.72. The van der Waals surface area contributed by atoms with Gasteiger partial charge in [-0.25, -0.2) is 0 Å². The number of hydrogen-bond donors (Lipinski definition) is 2. The first kappa shape index (κ1) is 13.4. The number of phenolic OH excluding ortho intramolecular Hbond substituents is 2. The Morgan fingerprint density at radius 3 is 2.65 bits per heavy atom. The van der Waals surface area contributed by atoms with Crippen molar-refractivity contribution in [1.29, 1.82) is 0 Å². The van der Waals surface area contributed by atoms with Crippen LogP contribution in [0.3, 0.4) is 0 Å². The summed E-state index contributed by atoms with van der Waals surface area (Å²) in [4.78, 5) is 11.5. The van der Waals surface area contributed by atoms with Crippen molar-refractivity contribution in [2.45, 2.75) is 26.7 Å². The number of carbonyl (C=O) groups is 1. The minimum absolute atomic E-state index is 0.157. The van der Waals surface area contributed by atoms with E-state index < -0.39 is 0 Å². The fourth-order valence-electron chi connectivity index (χ4n) is 1.48. The lowest BCUT2D eigenvalue weighted by Crippen LogP contribution is -2.17. The molecule has 94 valence electrons. The van der Waals surface area contributed by atoms with Gasteiger partial charge in [0.15, 0.2) is 11.5 Å². The van der Waals surface area contributed by atoms with Crippen molar-refractivity contribution in [2.75, 3.05) is 6.61 Å². The maximum absolute atomic E-state index is 11.5. The molecule has 0 amide bonds. The third kappa shape index (κ3) is 3.98. The molecule has 0 fully saturated rings. The molecule has 0 aliphatic rings. The Balaban J connectivity index is 2.58. The average Bonchev–Trinajstić information content (AvgIpc) is 2.30. The van der Waals surface area contributed by atoms with Crippen LogP contribution in [0.15, 0.2) is 18.2 Å². The minimum Gasteiger partial charge on any atom is -0.504 e. The quantitative estimate of drug-likeness (QED) is 0.609. The normalized spacial score (nSPS) is 12.1. The van der Waals surface area contributed by atoms with Crippen LogP contribution in [-0.4, -0.2) is 22.8 Å². The Kier molecular flexibility index (Phi) is 4.82. The lowest BCUT2D eigenvalue weighted by Gasteiger charge is -2.11. The first-order valence-electron chi connectivity index (χ1n) is 5.72. The third-order valence-electron chi connectivity index (χ3n) is 2.43. The Morgan fingerprint density at radius 2 is 2.06 bits per heavy atom. The maximum atomic E-state index is 11.5. The Labute approximate surface area is 101 Å². The van der Waals surface area contributed by atoms with Gasteiger partial charge in [-0.15, -0.1) is 0 Å². The number of phenols is 2. The number of hydrogen-bond acceptors (Lipinski definition) is 4. The molecule has 0 unspecified atom stereocenters. The molecule has 0 heterocycles. The van der Waals surface area contributed by atoms with Gasteiger partial charge in [-0.3, -0.25) is 4.79 Å². The van der Waals surface area contributed by atoms with Crippen LogP contribution in [0.25, 0.3) is 0 Å². The molecule has 1 atom stereocenters. The van der Waals surface area contributed by atoms with E-state index in [1.54, 1.807) is 13.0 Å². The molecule has 1 aromatic rings. The second-order valence-corrected chi connectivity index (χ2v) is 4.10. The zero-order chi connectivity index (χ0) is 12.8. The van der Waals surface area contributed by atoms with Crippen molar-refractivity contribution < 1.29 is 19.7 Å². The summed E-state index contributed by atoms with van der Waals surface area (Å²) in [7, 11) is 0. The molecule has 1 rings (SSSR count). The molecule has 0 aromatic heterocycles. The number of benzene rings is 1. The highest BCUT2D eigenvalue weighted by Gasteiger charge is 2.15. The summed E-state index contributed by atoms with van der Waals surface area (Å²) >= 11 is 0. The van der Waals surface area contributed by atoms with Gasteiger partial charge in [0.1, 0.15) is 0 Å². The molecular weight excluding hydrogens is 220 g/mol. The van der Waals surface area contributed by atoms with Gasteiger partial charge in [0.25, 0.3) is 0 Å². The van der Waals surface area contributed by atoms with Gasteiger partial charge in [-0.2, -0.15) is 0 Å². The second kappa shape index (κ2) is 6.13. The smallest absolute Gasteiger partial charge is 0.308 e. The molecule has 4 heteroatoms. The molecule has 2 N–H and O–H groups in total. The molecule has 0 spiro atoms. The van der Waals surface area contributed by atoms with Gasteiger partial charge in [-0.1, -0.05) is 19.9 Å². The van der Waals surface area contributed by atoms with Gasteiger partial charge in [-0.05, 0) is 30.5 Å². The lowest BCUT2D eigenvalue weighted by atomic mass is 10.0. The molecule has 0 aliphatic heterocycles. The van der Waals surface area contributed by atoms with E-state index in [4.69, 9.17) is 9.84 Å². The summed E-state index contributed by atoms with van der Waals surface area (Å²) in [6.45, 7) is 4.15. The first-order chi connectivity index (χ1) is 8.04. The van der Waals surface area contributed by atoms with E-state index in [1.165, 1.54) is 12.1 Å². The highest BCUT2D eigenvalue weighted by Crippen LogP contribution is 2.26.